The van der Waals surface area contributed by atoms with Gasteiger partial charge < -0.3 is 10.6 Å². The molecule has 112 valence electrons. The third kappa shape index (κ3) is 3.79. The molecule has 5 heteroatoms. The molecule has 0 aromatic carbocycles. The average Bonchev–Trinajstić information content (AvgIpc) is 2.86. The van der Waals surface area contributed by atoms with Crippen molar-refractivity contribution >= 4 is 17.2 Å². The topological polar surface area (TPSA) is 54.0 Å². The predicted molar refractivity (Wildman–Crippen MR) is 82.9 cm³/mol. The third-order valence-corrected chi connectivity index (χ3v) is 5.32. The summed E-state index contributed by atoms with van der Waals surface area (Å²) >= 11 is 1.65. The lowest BCUT2D eigenvalue weighted by molar-refractivity contribution is -0.123. The molecule has 2 rings (SSSR count). The molecular weight excluding hydrogens is 270 g/mol. The van der Waals surface area contributed by atoms with Crippen molar-refractivity contribution in [3.8, 4) is 0 Å². The third-order valence-electron chi connectivity index (χ3n) is 4.23. The lowest BCUT2D eigenvalue weighted by atomic mass is 9.79. The van der Waals surface area contributed by atoms with Crippen LogP contribution in [0.15, 0.2) is 6.20 Å². The van der Waals surface area contributed by atoms with Crippen molar-refractivity contribution in [2.75, 3.05) is 7.05 Å². The zero-order valence-corrected chi connectivity index (χ0v) is 13.5. The van der Waals surface area contributed by atoms with E-state index in [0.717, 1.165) is 17.8 Å². The highest BCUT2D eigenvalue weighted by Crippen LogP contribution is 2.31. The van der Waals surface area contributed by atoms with E-state index in [-0.39, 0.29) is 17.5 Å². The summed E-state index contributed by atoms with van der Waals surface area (Å²) in [4.78, 5) is 17.8. The Kier molecular flexibility index (Phi) is 5.16. The fraction of sp³-hybridized carbons (Fsp3) is 0.733. The zero-order chi connectivity index (χ0) is 14.6. The standard InChI is InChI=1S/C15H25N3OS/c1-11-10-17-14(20-11)12(2)18-13(19)9-15(16-3)7-5-4-6-8-15/h10,12,16H,4-9H2,1-3H3,(H,18,19). The fourth-order valence-corrected chi connectivity index (χ4v) is 3.75. The molecule has 1 amide bonds. The molecule has 1 heterocycles. The fourth-order valence-electron chi connectivity index (χ4n) is 2.98. The van der Waals surface area contributed by atoms with E-state index in [9.17, 15) is 4.79 Å². The number of amides is 1. The molecule has 1 aromatic rings. The Labute approximate surface area is 125 Å². The van der Waals surface area contributed by atoms with Crippen LogP contribution in [0, 0.1) is 6.92 Å². The van der Waals surface area contributed by atoms with E-state index in [1.807, 2.05) is 27.1 Å². The molecule has 1 saturated carbocycles. The maximum atomic E-state index is 12.3. The van der Waals surface area contributed by atoms with Gasteiger partial charge in [-0.15, -0.1) is 11.3 Å². The van der Waals surface area contributed by atoms with Gasteiger partial charge >= 0.3 is 0 Å². The van der Waals surface area contributed by atoms with E-state index in [1.54, 1.807) is 11.3 Å². The van der Waals surface area contributed by atoms with E-state index in [0.29, 0.717) is 6.42 Å². The van der Waals surface area contributed by atoms with Gasteiger partial charge in [0.2, 0.25) is 5.91 Å². The van der Waals surface area contributed by atoms with Gasteiger partial charge in [-0.25, -0.2) is 4.98 Å². The lowest BCUT2D eigenvalue weighted by Gasteiger charge is -2.36. The highest BCUT2D eigenvalue weighted by atomic mass is 32.1. The monoisotopic (exact) mass is 295 g/mol. The number of carbonyl (C=O) groups excluding carboxylic acids is 1. The highest BCUT2D eigenvalue weighted by molar-refractivity contribution is 7.11. The quantitative estimate of drug-likeness (QED) is 0.878. The minimum Gasteiger partial charge on any atom is -0.347 e. The maximum Gasteiger partial charge on any atom is 0.222 e. The van der Waals surface area contributed by atoms with Gasteiger partial charge in [0.15, 0.2) is 0 Å². The second-order valence-electron chi connectivity index (χ2n) is 5.87. The summed E-state index contributed by atoms with van der Waals surface area (Å²) < 4.78 is 0. The summed E-state index contributed by atoms with van der Waals surface area (Å²) in [6.45, 7) is 4.04. The second kappa shape index (κ2) is 6.68. The van der Waals surface area contributed by atoms with E-state index in [4.69, 9.17) is 0 Å². The summed E-state index contributed by atoms with van der Waals surface area (Å²) in [7, 11) is 1.98. The molecule has 1 aromatic heterocycles. The van der Waals surface area contributed by atoms with Crippen LogP contribution >= 0.6 is 11.3 Å². The molecule has 0 spiro atoms. The molecule has 0 bridgehead atoms. The number of aryl methyl sites for hydroxylation is 1. The summed E-state index contributed by atoms with van der Waals surface area (Å²) in [5.74, 6) is 0.126. The Morgan fingerprint density at radius 3 is 2.70 bits per heavy atom. The van der Waals surface area contributed by atoms with Crippen molar-refractivity contribution in [2.45, 2.75) is 64.0 Å². The maximum absolute atomic E-state index is 12.3. The van der Waals surface area contributed by atoms with E-state index < -0.39 is 0 Å². The van der Waals surface area contributed by atoms with Crippen LogP contribution in [-0.2, 0) is 4.79 Å². The Balaban J connectivity index is 1.91. The lowest BCUT2D eigenvalue weighted by Crippen LogP contribution is -2.48. The molecule has 0 aliphatic heterocycles. The zero-order valence-electron chi connectivity index (χ0n) is 12.7. The van der Waals surface area contributed by atoms with E-state index in [1.165, 1.54) is 24.1 Å². The van der Waals surface area contributed by atoms with Gasteiger partial charge in [-0.2, -0.15) is 0 Å². The molecule has 1 fully saturated rings. The molecule has 0 radical (unpaired) electrons. The second-order valence-corrected chi connectivity index (χ2v) is 7.13. The Morgan fingerprint density at radius 2 is 2.15 bits per heavy atom. The van der Waals surface area contributed by atoms with E-state index in [2.05, 4.69) is 15.6 Å². The predicted octanol–water partition coefficient (Wildman–Crippen LogP) is 2.94. The molecule has 1 atom stereocenters. The van der Waals surface area contributed by atoms with Crippen molar-refractivity contribution in [3.05, 3.63) is 16.1 Å². The smallest absolute Gasteiger partial charge is 0.222 e. The number of hydrogen-bond donors (Lipinski definition) is 2. The molecule has 1 unspecified atom stereocenters. The number of carbonyl (C=O) groups is 1. The Morgan fingerprint density at radius 1 is 1.45 bits per heavy atom. The largest absolute Gasteiger partial charge is 0.347 e. The first-order valence-electron chi connectivity index (χ1n) is 7.45. The summed E-state index contributed by atoms with van der Waals surface area (Å²) in [6.07, 6.45) is 8.35. The van der Waals surface area contributed by atoms with Gasteiger partial charge in [-0.3, -0.25) is 4.79 Å². The molecule has 2 N–H and O–H groups in total. The number of aromatic nitrogens is 1. The first-order chi connectivity index (χ1) is 9.54. The molecule has 0 saturated heterocycles. The SMILES string of the molecule is CNC1(CC(=O)NC(C)c2ncc(C)s2)CCCCC1. The normalized spacial score (nSPS) is 19.6. The van der Waals surface area contributed by atoms with Crippen molar-refractivity contribution < 1.29 is 4.79 Å². The summed E-state index contributed by atoms with van der Waals surface area (Å²) in [5, 5.41) is 7.46. The van der Waals surface area contributed by atoms with Gasteiger partial charge in [0.1, 0.15) is 5.01 Å². The van der Waals surface area contributed by atoms with Crippen LogP contribution in [-0.4, -0.2) is 23.5 Å². The molecular formula is C15H25N3OS. The summed E-state index contributed by atoms with van der Waals surface area (Å²) in [6, 6.07) is -0.00121. The van der Waals surface area contributed by atoms with Crippen LogP contribution < -0.4 is 10.6 Å². The van der Waals surface area contributed by atoms with Crippen LogP contribution in [0.25, 0.3) is 0 Å². The van der Waals surface area contributed by atoms with Gasteiger partial charge in [-0.1, -0.05) is 19.3 Å². The number of rotatable bonds is 5. The highest BCUT2D eigenvalue weighted by Gasteiger charge is 2.32. The minimum absolute atomic E-state index is 0.000842. The van der Waals surface area contributed by atoms with Gasteiger partial charge in [0.05, 0.1) is 6.04 Å². The average molecular weight is 295 g/mol. The molecule has 20 heavy (non-hydrogen) atoms. The summed E-state index contributed by atoms with van der Waals surface area (Å²) in [5.41, 5.74) is 0.000842. The minimum atomic E-state index is -0.00121. The number of thiazole rings is 1. The number of nitrogens with one attached hydrogen (secondary N) is 2. The van der Waals surface area contributed by atoms with Gasteiger partial charge in [0.25, 0.3) is 0 Å². The van der Waals surface area contributed by atoms with E-state index >= 15 is 0 Å². The van der Waals surface area contributed by atoms with Gasteiger partial charge in [-0.05, 0) is 33.7 Å². The first-order valence-corrected chi connectivity index (χ1v) is 8.27. The van der Waals surface area contributed by atoms with Crippen LogP contribution in [0.1, 0.15) is 61.4 Å². The first kappa shape index (κ1) is 15.4. The number of hydrogen-bond acceptors (Lipinski definition) is 4. The molecule has 4 nitrogen and oxygen atoms in total. The van der Waals surface area contributed by atoms with Crippen molar-refractivity contribution in [1.82, 2.24) is 15.6 Å². The number of nitrogens with zero attached hydrogens (tertiary/aromatic N) is 1. The Hall–Kier alpha value is -0.940. The van der Waals surface area contributed by atoms with Crippen LogP contribution in [0.2, 0.25) is 0 Å². The van der Waals surface area contributed by atoms with Crippen LogP contribution in [0.3, 0.4) is 0 Å². The Bertz CT molecular complexity index is 452. The van der Waals surface area contributed by atoms with Gasteiger partial charge in [0, 0.05) is 23.0 Å². The van der Waals surface area contributed by atoms with Crippen molar-refractivity contribution in [3.63, 3.8) is 0 Å². The molecule has 1 aliphatic rings. The van der Waals surface area contributed by atoms with Crippen molar-refractivity contribution in [2.24, 2.45) is 0 Å². The van der Waals surface area contributed by atoms with Crippen LogP contribution in [0.4, 0.5) is 0 Å². The van der Waals surface area contributed by atoms with Crippen LogP contribution in [0.5, 0.6) is 0 Å². The van der Waals surface area contributed by atoms with Crippen molar-refractivity contribution in [1.29, 1.82) is 0 Å². The molecule has 1 aliphatic carbocycles.